The fourth-order valence-corrected chi connectivity index (χ4v) is 5.44. The summed E-state index contributed by atoms with van der Waals surface area (Å²) in [6.07, 6.45) is 14.3. The molecule has 0 radical (unpaired) electrons. The first-order valence-electron chi connectivity index (χ1n) is 12.1. The fraction of sp³-hybridized carbons (Fsp3) is 0.750. The quantitative estimate of drug-likeness (QED) is 0.267. The summed E-state index contributed by atoms with van der Waals surface area (Å²) in [5.74, 6) is 4.60. The molecule has 0 spiro atoms. The van der Waals surface area contributed by atoms with Crippen molar-refractivity contribution < 1.29 is 9.34 Å². The second-order valence-electron chi connectivity index (χ2n) is 9.23. The minimum absolute atomic E-state index is 0.175. The Hall–Kier alpha value is -1.67. The summed E-state index contributed by atoms with van der Waals surface area (Å²) >= 11 is 1.90. The van der Waals surface area contributed by atoms with Gasteiger partial charge in [0.25, 0.3) is 6.20 Å². The van der Waals surface area contributed by atoms with Crippen molar-refractivity contribution in [3.05, 3.63) is 45.8 Å². The Morgan fingerprint density at radius 3 is 2.44 bits per heavy atom. The van der Waals surface area contributed by atoms with Gasteiger partial charge in [0, 0.05) is 6.04 Å². The van der Waals surface area contributed by atoms with Gasteiger partial charge in [0.1, 0.15) is 11.5 Å². The molecule has 0 aliphatic heterocycles. The molecule has 1 fully saturated rings. The van der Waals surface area contributed by atoms with E-state index in [0.29, 0.717) is 5.92 Å². The van der Waals surface area contributed by atoms with E-state index in [-0.39, 0.29) is 11.9 Å². The Kier molecular flexibility index (Phi) is 12.6. The predicted molar refractivity (Wildman–Crippen MR) is 133 cm³/mol. The lowest BCUT2D eigenvalue weighted by Crippen LogP contribution is -2.39. The molecule has 1 aromatic rings. The Balaban J connectivity index is 1.92. The summed E-state index contributed by atoms with van der Waals surface area (Å²) in [5.41, 5.74) is 5.94. The first kappa shape index (κ1) is 26.6. The molecule has 7 nitrogen and oxygen atoms in total. The van der Waals surface area contributed by atoms with Crippen molar-refractivity contribution >= 4 is 11.8 Å². The maximum absolute atomic E-state index is 10.8. The number of nitrogens with one attached hydrogen (secondary N) is 1. The van der Waals surface area contributed by atoms with E-state index in [0.717, 1.165) is 61.5 Å². The van der Waals surface area contributed by atoms with Crippen molar-refractivity contribution in [2.75, 3.05) is 19.8 Å². The van der Waals surface area contributed by atoms with Gasteiger partial charge in [-0.3, -0.25) is 10.1 Å². The van der Waals surface area contributed by atoms with Crippen molar-refractivity contribution in [1.29, 1.82) is 0 Å². The molecule has 1 aliphatic rings. The van der Waals surface area contributed by atoms with E-state index in [1.807, 2.05) is 25.9 Å². The highest BCUT2D eigenvalue weighted by molar-refractivity contribution is 7.98. The minimum atomic E-state index is -0.476. The summed E-state index contributed by atoms with van der Waals surface area (Å²) in [5, 5.41) is 14.1. The van der Waals surface area contributed by atoms with E-state index in [1.165, 1.54) is 44.9 Å². The highest BCUT2D eigenvalue weighted by Crippen LogP contribution is 2.27. The van der Waals surface area contributed by atoms with Crippen LogP contribution < -0.4 is 11.1 Å². The molecule has 2 unspecified atom stereocenters. The van der Waals surface area contributed by atoms with E-state index in [4.69, 9.17) is 10.2 Å². The molecule has 1 aliphatic carbocycles. The van der Waals surface area contributed by atoms with Crippen LogP contribution in [0.1, 0.15) is 82.1 Å². The molecule has 2 rings (SSSR count). The topological polar surface area (TPSA) is 97.6 Å². The average molecular weight is 467 g/mol. The number of thioether (sulfide) groups is 1. The number of hydrogen-bond donors (Lipinski definition) is 2. The zero-order valence-corrected chi connectivity index (χ0v) is 20.7. The molecule has 0 aromatic carbocycles. The van der Waals surface area contributed by atoms with Gasteiger partial charge < -0.3 is 20.4 Å². The smallest absolute Gasteiger partial charge is 0.273 e. The SMILES string of the molecule is CN(C)Cc1ccc(CSCCC2CCCCCCCCCCC2NC(N)=C[N+](=O)[O-])o1. The molecular weight excluding hydrogens is 424 g/mol. The summed E-state index contributed by atoms with van der Waals surface area (Å²) in [4.78, 5) is 12.5. The molecule has 0 bridgehead atoms. The summed E-state index contributed by atoms with van der Waals surface area (Å²) in [6.45, 7) is 0.819. The van der Waals surface area contributed by atoms with Crippen LogP contribution in [0.15, 0.2) is 28.6 Å². The molecule has 1 heterocycles. The van der Waals surface area contributed by atoms with Crippen LogP contribution in [0, 0.1) is 16.0 Å². The molecule has 3 N–H and O–H groups in total. The average Bonchev–Trinajstić information content (AvgIpc) is 3.14. The molecule has 2 atom stereocenters. The van der Waals surface area contributed by atoms with E-state index < -0.39 is 4.92 Å². The van der Waals surface area contributed by atoms with Crippen LogP contribution >= 0.6 is 11.8 Å². The van der Waals surface area contributed by atoms with Crippen LogP contribution in [-0.2, 0) is 12.3 Å². The number of nitro groups is 1. The van der Waals surface area contributed by atoms with E-state index >= 15 is 0 Å². The van der Waals surface area contributed by atoms with Gasteiger partial charge in [0.15, 0.2) is 5.82 Å². The van der Waals surface area contributed by atoms with Crippen molar-refractivity contribution in [1.82, 2.24) is 10.2 Å². The molecule has 32 heavy (non-hydrogen) atoms. The number of hydrogen-bond acceptors (Lipinski definition) is 7. The van der Waals surface area contributed by atoms with E-state index in [2.05, 4.69) is 22.3 Å². The lowest BCUT2D eigenvalue weighted by molar-refractivity contribution is -0.403. The number of furan rings is 1. The van der Waals surface area contributed by atoms with Crippen LogP contribution in [0.2, 0.25) is 0 Å². The third-order valence-electron chi connectivity index (χ3n) is 6.07. The summed E-state index contributed by atoms with van der Waals surface area (Å²) in [6, 6.07) is 4.34. The second-order valence-corrected chi connectivity index (χ2v) is 10.3. The van der Waals surface area contributed by atoms with Crippen molar-refractivity contribution in [3.63, 3.8) is 0 Å². The maximum atomic E-state index is 10.8. The highest BCUT2D eigenvalue weighted by Gasteiger charge is 2.22. The van der Waals surface area contributed by atoms with Crippen LogP contribution in [0.4, 0.5) is 0 Å². The van der Waals surface area contributed by atoms with Gasteiger partial charge >= 0.3 is 0 Å². The van der Waals surface area contributed by atoms with Crippen LogP contribution in [0.5, 0.6) is 0 Å². The number of nitrogens with two attached hydrogens (primary N) is 1. The normalized spacial score (nSPS) is 21.7. The van der Waals surface area contributed by atoms with E-state index in [1.54, 1.807) is 0 Å². The van der Waals surface area contributed by atoms with Crippen LogP contribution in [0.25, 0.3) is 0 Å². The Morgan fingerprint density at radius 1 is 1.16 bits per heavy atom. The Bertz CT molecular complexity index is 693. The van der Waals surface area contributed by atoms with Crippen molar-refractivity contribution in [2.45, 2.75) is 89.0 Å². The fourth-order valence-electron chi connectivity index (χ4n) is 4.47. The van der Waals surface area contributed by atoms with Gasteiger partial charge in [0.2, 0.25) is 0 Å². The predicted octanol–water partition coefficient (Wildman–Crippen LogP) is 5.49. The third-order valence-corrected chi connectivity index (χ3v) is 7.09. The monoisotopic (exact) mass is 466 g/mol. The largest absolute Gasteiger partial charge is 0.464 e. The van der Waals surface area contributed by atoms with Crippen LogP contribution in [-0.4, -0.2) is 35.7 Å². The standard InChI is InChI=1S/C24H42N4O3S/c1-27(2)17-21-13-14-22(31-21)19-32-16-15-20-11-9-7-5-3-4-6-8-10-12-23(20)26-24(25)18-28(29)30/h13-14,18,20,23,26H,3-12,15-17,19,25H2,1-2H3. The highest BCUT2D eigenvalue weighted by atomic mass is 32.2. The zero-order chi connectivity index (χ0) is 23.2. The maximum Gasteiger partial charge on any atom is 0.273 e. The van der Waals surface area contributed by atoms with Crippen LogP contribution in [0.3, 0.4) is 0 Å². The van der Waals surface area contributed by atoms with Crippen molar-refractivity contribution in [2.24, 2.45) is 11.7 Å². The molecule has 0 amide bonds. The number of rotatable bonds is 10. The molecule has 8 heteroatoms. The lowest BCUT2D eigenvalue weighted by atomic mass is 9.86. The van der Waals surface area contributed by atoms with Gasteiger partial charge in [0.05, 0.1) is 17.2 Å². The van der Waals surface area contributed by atoms with Gasteiger partial charge in [-0.1, -0.05) is 51.4 Å². The summed E-state index contributed by atoms with van der Waals surface area (Å²) < 4.78 is 5.93. The Morgan fingerprint density at radius 2 is 1.78 bits per heavy atom. The zero-order valence-electron chi connectivity index (χ0n) is 19.9. The minimum Gasteiger partial charge on any atom is -0.464 e. The number of nitrogens with zero attached hydrogens (tertiary/aromatic N) is 2. The third kappa shape index (κ3) is 11.3. The molecule has 182 valence electrons. The van der Waals surface area contributed by atoms with Gasteiger partial charge in [-0.05, 0) is 57.2 Å². The molecule has 1 saturated carbocycles. The van der Waals surface area contributed by atoms with Gasteiger partial charge in [-0.25, -0.2) is 0 Å². The van der Waals surface area contributed by atoms with Gasteiger partial charge in [-0.2, -0.15) is 11.8 Å². The summed E-state index contributed by atoms with van der Waals surface area (Å²) in [7, 11) is 4.08. The first-order chi connectivity index (χ1) is 15.4. The Labute approximate surface area is 197 Å². The molecular formula is C24H42N4O3S. The lowest BCUT2D eigenvalue weighted by Gasteiger charge is -2.29. The van der Waals surface area contributed by atoms with Crippen molar-refractivity contribution in [3.8, 4) is 0 Å². The molecule has 1 aromatic heterocycles. The second kappa shape index (κ2) is 15.2. The molecule has 0 saturated heterocycles. The van der Waals surface area contributed by atoms with Gasteiger partial charge in [-0.15, -0.1) is 0 Å². The van der Waals surface area contributed by atoms with E-state index in [9.17, 15) is 10.1 Å². The first-order valence-corrected chi connectivity index (χ1v) is 13.3.